The molecule has 0 fully saturated rings. The number of nitrogens with one attached hydrogen (secondary N) is 2. The number of amides is 1. The Hall–Kier alpha value is -3.53. The normalized spacial score (nSPS) is 12.1. The molecular formula is C23H22ClN5O4. The molecule has 3 aromatic heterocycles. The lowest BCUT2D eigenvalue weighted by Crippen LogP contribution is -2.29. The average molecular weight is 468 g/mol. The van der Waals surface area contributed by atoms with Gasteiger partial charge in [0.2, 0.25) is 11.1 Å². The number of hydrogen-bond acceptors (Lipinski definition) is 7. The number of carbonyl (C=O) groups excluding carboxylic acids is 1. The number of aryl methyl sites for hydroxylation is 1. The van der Waals surface area contributed by atoms with Crippen molar-refractivity contribution in [1.29, 1.82) is 0 Å². The van der Waals surface area contributed by atoms with Gasteiger partial charge in [0.15, 0.2) is 5.82 Å². The molecule has 0 aliphatic rings. The third-order valence-electron chi connectivity index (χ3n) is 5.03. The summed E-state index contributed by atoms with van der Waals surface area (Å²) < 4.78 is 7.39. The zero-order valence-corrected chi connectivity index (χ0v) is 18.5. The van der Waals surface area contributed by atoms with Gasteiger partial charge >= 0.3 is 0 Å². The molecule has 0 radical (unpaired) electrons. The number of fused-ring (bicyclic) bond motifs is 1. The Labute approximate surface area is 194 Å². The molecule has 0 bridgehead atoms. The topological polar surface area (TPSA) is 122 Å². The number of hydrogen-bond donors (Lipinski definition) is 3. The number of aliphatic hydroxyl groups excluding tert-OH is 1. The summed E-state index contributed by atoms with van der Waals surface area (Å²) in [4.78, 5) is 33.6. The Bertz CT molecular complexity index is 1320. The van der Waals surface area contributed by atoms with E-state index < -0.39 is 17.4 Å². The van der Waals surface area contributed by atoms with Gasteiger partial charge in [0.05, 0.1) is 11.9 Å². The lowest BCUT2D eigenvalue weighted by Gasteiger charge is -2.09. The van der Waals surface area contributed by atoms with Crippen LogP contribution in [0.15, 0.2) is 64.2 Å². The largest absolute Gasteiger partial charge is 0.443 e. The molecule has 1 atom stereocenters. The number of aromatic nitrogens is 3. The second-order valence-electron chi connectivity index (χ2n) is 7.48. The molecule has 1 unspecified atom stereocenters. The molecule has 0 aliphatic heterocycles. The van der Waals surface area contributed by atoms with Gasteiger partial charge in [-0.15, -0.1) is 0 Å². The first-order valence-electron chi connectivity index (χ1n) is 10.2. The van der Waals surface area contributed by atoms with Crippen LogP contribution < -0.4 is 16.1 Å². The first-order valence-corrected chi connectivity index (χ1v) is 10.6. The van der Waals surface area contributed by atoms with Crippen molar-refractivity contribution in [2.45, 2.75) is 19.2 Å². The van der Waals surface area contributed by atoms with Crippen molar-refractivity contribution >= 4 is 28.6 Å². The Balaban J connectivity index is 1.44. The summed E-state index contributed by atoms with van der Waals surface area (Å²) in [7, 11) is 1.70. The minimum absolute atomic E-state index is 0.0240. The fraction of sp³-hybridized carbons (Fsp3) is 0.217. The van der Waals surface area contributed by atoms with Crippen molar-refractivity contribution < 1.29 is 14.3 Å². The van der Waals surface area contributed by atoms with Crippen LogP contribution in [0.4, 0.5) is 0 Å². The molecule has 0 saturated heterocycles. The monoisotopic (exact) mass is 467 g/mol. The van der Waals surface area contributed by atoms with Crippen molar-refractivity contribution in [3.63, 3.8) is 0 Å². The molecule has 4 aromatic rings. The highest BCUT2D eigenvalue weighted by molar-refractivity contribution is 6.30. The van der Waals surface area contributed by atoms with E-state index in [0.29, 0.717) is 27.7 Å². The number of nitrogens with zero attached hydrogens (tertiary/aromatic N) is 3. The van der Waals surface area contributed by atoms with E-state index in [1.165, 1.54) is 6.20 Å². The average Bonchev–Trinajstić information content (AvgIpc) is 3.26. The quantitative estimate of drug-likeness (QED) is 0.363. The summed E-state index contributed by atoms with van der Waals surface area (Å²) in [5.74, 6) is 0.342. The minimum Gasteiger partial charge on any atom is -0.443 e. The predicted molar refractivity (Wildman–Crippen MR) is 123 cm³/mol. The van der Waals surface area contributed by atoms with Crippen molar-refractivity contribution in [2.24, 2.45) is 7.05 Å². The first-order chi connectivity index (χ1) is 15.9. The SMILES string of the molecule is Cn1cc(C(=O)NCc2ccc(Cl)cc2)c(=O)c2cc(CNCC(O)c3ncccn3)oc21. The number of pyridine rings is 1. The van der Waals surface area contributed by atoms with Crippen LogP contribution >= 0.6 is 11.6 Å². The van der Waals surface area contributed by atoms with Gasteiger partial charge in [0.25, 0.3) is 5.91 Å². The molecule has 1 aromatic carbocycles. The highest BCUT2D eigenvalue weighted by atomic mass is 35.5. The van der Waals surface area contributed by atoms with Crippen molar-refractivity contribution in [2.75, 3.05) is 6.54 Å². The second kappa shape index (κ2) is 9.95. The van der Waals surface area contributed by atoms with Gasteiger partial charge in [-0.1, -0.05) is 23.7 Å². The molecule has 1 amide bonds. The fourth-order valence-corrected chi connectivity index (χ4v) is 3.47. The lowest BCUT2D eigenvalue weighted by atomic mass is 10.2. The molecule has 9 nitrogen and oxygen atoms in total. The number of furan rings is 1. The van der Waals surface area contributed by atoms with E-state index in [0.717, 1.165) is 5.56 Å². The number of carbonyl (C=O) groups is 1. The van der Waals surface area contributed by atoms with E-state index in [-0.39, 0.29) is 25.2 Å². The minimum atomic E-state index is -0.877. The smallest absolute Gasteiger partial charge is 0.257 e. The van der Waals surface area contributed by atoms with Gasteiger partial charge < -0.3 is 24.7 Å². The Morgan fingerprint density at radius 3 is 2.67 bits per heavy atom. The van der Waals surface area contributed by atoms with Gasteiger partial charge in [-0.2, -0.15) is 0 Å². The zero-order valence-electron chi connectivity index (χ0n) is 17.8. The molecule has 10 heteroatoms. The molecule has 3 N–H and O–H groups in total. The molecule has 0 aliphatic carbocycles. The van der Waals surface area contributed by atoms with Crippen LogP contribution in [0, 0.1) is 0 Å². The summed E-state index contributed by atoms with van der Waals surface area (Å²) in [5.41, 5.74) is 0.837. The number of rotatable bonds is 8. The zero-order chi connectivity index (χ0) is 23.4. The second-order valence-corrected chi connectivity index (χ2v) is 7.91. The van der Waals surface area contributed by atoms with E-state index in [2.05, 4.69) is 20.6 Å². The Kier molecular flexibility index (Phi) is 6.83. The fourth-order valence-electron chi connectivity index (χ4n) is 3.35. The van der Waals surface area contributed by atoms with Gasteiger partial charge in [0.1, 0.15) is 17.4 Å². The number of benzene rings is 1. The van der Waals surface area contributed by atoms with Gasteiger partial charge in [-0.05, 0) is 29.8 Å². The molecular weight excluding hydrogens is 446 g/mol. The van der Waals surface area contributed by atoms with Crippen LogP contribution in [0.1, 0.15) is 33.6 Å². The maximum atomic E-state index is 12.9. The summed E-state index contributed by atoms with van der Waals surface area (Å²) in [5, 5.41) is 16.9. The molecule has 4 rings (SSSR count). The number of halogens is 1. The van der Waals surface area contributed by atoms with E-state index in [9.17, 15) is 14.7 Å². The Morgan fingerprint density at radius 1 is 1.21 bits per heavy atom. The third kappa shape index (κ3) is 5.28. The molecule has 33 heavy (non-hydrogen) atoms. The number of aliphatic hydroxyl groups is 1. The van der Waals surface area contributed by atoms with Crippen molar-refractivity contribution in [1.82, 2.24) is 25.2 Å². The predicted octanol–water partition coefficient (Wildman–Crippen LogP) is 2.33. The maximum Gasteiger partial charge on any atom is 0.257 e. The van der Waals surface area contributed by atoms with E-state index in [1.807, 2.05) is 0 Å². The third-order valence-corrected chi connectivity index (χ3v) is 5.28. The lowest BCUT2D eigenvalue weighted by molar-refractivity contribution is 0.0949. The van der Waals surface area contributed by atoms with Gasteiger partial charge in [-0.25, -0.2) is 9.97 Å². The van der Waals surface area contributed by atoms with Crippen molar-refractivity contribution in [3.8, 4) is 0 Å². The highest BCUT2D eigenvalue weighted by Crippen LogP contribution is 2.17. The molecule has 0 saturated carbocycles. The van der Waals surface area contributed by atoms with Crippen molar-refractivity contribution in [3.05, 3.63) is 92.9 Å². The summed E-state index contributed by atoms with van der Waals surface area (Å²) in [6, 6.07) is 10.4. The van der Waals surface area contributed by atoms with Crippen LogP contribution in [-0.4, -0.2) is 32.1 Å². The Morgan fingerprint density at radius 2 is 1.94 bits per heavy atom. The highest BCUT2D eigenvalue weighted by Gasteiger charge is 2.18. The summed E-state index contributed by atoms with van der Waals surface area (Å²) >= 11 is 5.88. The standard InChI is InChI=1S/C23H22ClN5O4/c1-29-13-18(22(32)28-10-14-3-5-15(24)6-4-14)20(31)17-9-16(33-23(17)29)11-25-12-19(30)21-26-7-2-8-27-21/h2-9,13,19,25,30H,10-12H2,1H3,(H,28,32). The van der Waals surface area contributed by atoms with Crippen LogP contribution in [0.2, 0.25) is 5.02 Å². The molecule has 0 spiro atoms. The molecule has 170 valence electrons. The van der Waals surface area contributed by atoms with E-state index in [4.69, 9.17) is 16.0 Å². The summed E-state index contributed by atoms with van der Waals surface area (Å²) in [6.45, 7) is 0.747. The van der Waals surface area contributed by atoms with Crippen LogP contribution in [0.5, 0.6) is 0 Å². The van der Waals surface area contributed by atoms with Crippen LogP contribution in [-0.2, 0) is 20.1 Å². The van der Waals surface area contributed by atoms with Gasteiger partial charge in [0, 0.05) is 43.8 Å². The van der Waals surface area contributed by atoms with E-state index in [1.54, 1.807) is 60.4 Å². The van der Waals surface area contributed by atoms with Gasteiger partial charge in [-0.3, -0.25) is 9.59 Å². The molecule has 3 heterocycles. The first kappa shape index (κ1) is 22.7. The summed E-state index contributed by atoms with van der Waals surface area (Å²) in [6.07, 6.45) is 3.70. The van der Waals surface area contributed by atoms with Crippen LogP contribution in [0.25, 0.3) is 11.1 Å². The maximum absolute atomic E-state index is 12.9. The van der Waals surface area contributed by atoms with Crippen LogP contribution in [0.3, 0.4) is 0 Å². The van der Waals surface area contributed by atoms with E-state index >= 15 is 0 Å².